The zero-order valence-electron chi connectivity index (χ0n) is 20.1. The number of amidine groups is 1. The summed E-state index contributed by atoms with van der Waals surface area (Å²) in [5.74, 6) is -2.42. The molecule has 1 saturated heterocycles. The molecule has 0 spiro atoms. The topological polar surface area (TPSA) is 118 Å². The fraction of sp³-hybridized carbons (Fsp3) is 0.500. The first-order valence-corrected chi connectivity index (χ1v) is 11.5. The van der Waals surface area contributed by atoms with E-state index in [9.17, 15) is 18.0 Å². The number of hydrogen-bond acceptors (Lipinski definition) is 9. The number of fused-ring (bicyclic) bond motifs is 1. The fourth-order valence-electron chi connectivity index (χ4n) is 4.94. The van der Waals surface area contributed by atoms with Crippen LogP contribution in [-0.4, -0.2) is 67.1 Å². The number of nitrogens with two attached hydrogens (primary N) is 1. The number of Topliss-reactive ketones (excluding diaryl/α,β-unsaturated/α-hetero) is 1. The maximum absolute atomic E-state index is 15.3. The van der Waals surface area contributed by atoms with Gasteiger partial charge >= 0.3 is 6.61 Å². The van der Waals surface area contributed by atoms with E-state index in [1.54, 1.807) is 6.92 Å². The van der Waals surface area contributed by atoms with Crippen LogP contribution in [0, 0.1) is 11.7 Å². The van der Waals surface area contributed by atoms with E-state index >= 15 is 4.39 Å². The Morgan fingerprint density at radius 1 is 1.27 bits per heavy atom. The molecule has 2 aliphatic heterocycles. The maximum Gasteiger partial charge on any atom is 0.388 e. The second kappa shape index (κ2) is 11.0. The highest BCUT2D eigenvalue weighted by atomic mass is 19.3. The number of halogens is 4. The van der Waals surface area contributed by atoms with Crippen LogP contribution in [0.1, 0.15) is 35.0 Å². The Balaban J connectivity index is 1.66. The lowest BCUT2D eigenvalue weighted by molar-refractivity contribution is -0.0531. The van der Waals surface area contributed by atoms with Gasteiger partial charge in [-0.2, -0.15) is 8.78 Å². The van der Waals surface area contributed by atoms with Crippen LogP contribution in [0.4, 0.5) is 17.6 Å². The average Bonchev–Trinajstić information content (AvgIpc) is 3.18. The lowest BCUT2D eigenvalue weighted by Crippen LogP contribution is -2.53. The molecule has 0 bridgehead atoms. The number of aliphatic imine (C=N–C) groups is 1. The molecule has 2 aromatic rings. The van der Waals surface area contributed by atoms with E-state index in [0.29, 0.717) is 18.6 Å². The Morgan fingerprint density at radius 2 is 2.05 bits per heavy atom. The van der Waals surface area contributed by atoms with Gasteiger partial charge in [0.2, 0.25) is 5.88 Å². The van der Waals surface area contributed by atoms with E-state index in [2.05, 4.69) is 19.7 Å². The minimum absolute atomic E-state index is 0.0894. The predicted octanol–water partition coefficient (Wildman–Crippen LogP) is 2.96. The standard InChI is InChI=1S/C24H26F4N4O5/c1-12-21-20(18(35-12)5-6-34-2)24(11-25,32-23(29)37-21)14-7-13(3-4-15(14)26)8-17(33)16-9-31-19(10-30-16)36-22(27)28/h3-4,7,9-10,12,18,20-22H,5-6,8,11H2,1-2H3,(H2,29,32)/t12-,18?,20?,21-,24-/m1/s1. The molecule has 200 valence electrons. The SMILES string of the molecule is COCCC1O[C@H](C)[C@H]2OC(N)=N[C@](CF)(c3cc(CC(=O)c4cnc(OC(F)F)cn4)ccc3F)C12. The largest absolute Gasteiger partial charge is 0.459 e. The minimum atomic E-state index is -3.08. The smallest absolute Gasteiger partial charge is 0.388 e. The van der Waals surface area contributed by atoms with Gasteiger partial charge in [-0.3, -0.25) is 4.79 Å². The van der Waals surface area contributed by atoms with E-state index in [1.165, 1.54) is 19.2 Å². The van der Waals surface area contributed by atoms with Gasteiger partial charge in [0.25, 0.3) is 6.02 Å². The monoisotopic (exact) mass is 526 g/mol. The van der Waals surface area contributed by atoms with Crippen molar-refractivity contribution in [1.82, 2.24) is 9.97 Å². The molecule has 2 aliphatic rings. The van der Waals surface area contributed by atoms with Crippen LogP contribution in [-0.2, 0) is 26.2 Å². The minimum Gasteiger partial charge on any atom is -0.459 e. The molecule has 0 saturated carbocycles. The number of nitrogens with zero attached hydrogens (tertiary/aromatic N) is 3. The second-order valence-electron chi connectivity index (χ2n) is 8.81. The highest BCUT2D eigenvalue weighted by molar-refractivity contribution is 5.95. The second-order valence-corrected chi connectivity index (χ2v) is 8.81. The summed E-state index contributed by atoms with van der Waals surface area (Å²) in [6.45, 7) is -2.10. The van der Waals surface area contributed by atoms with E-state index in [4.69, 9.17) is 19.9 Å². The molecule has 9 nitrogen and oxygen atoms in total. The third-order valence-corrected chi connectivity index (χ3v) is 6.52. The summed E-state index contributed by atoms with van der Waals surface area (Å²) >= 11 is 0. The molecule has 0 amide bonds. The number of rotatable bonds is 10. The Morgan fingerprint density at radius 3 is 2.70 bits per heavy atom. The van der Waals surface area contributed by atoms with Gasteiger partial charge in [-0.1, -0.05) is 6.07 Å². The summed E-state index contributed by atoms with van der Waals surface area (Å²) in [6.07, 6.45) is 0.351. The third-order valence-electron chi connectivity index (χ3n) is 6.52. The van der Waals surface area contributed by atoms with E-state index < -0.39 is 60.5 Å². The van der Waals surface area contributed by atoms with Gasteiger partial charge in [0.1, 0.15) is 29.8 Å². The van der Waals surface area contributed by atoms with Crippen LogP contribution in [0.5, 0.6) is 5.88 Å². The zero-order valence-corrected chi connectivity index (χ0v) is 20.1. The first-order chi connectivity index (χ1) is 17.7. The number of carbonyl (C=O) groups is 1. The molecule has 5 atom stereocenters. The summed E-state index contributed by atoms with van der Waals surface area (Å²) in [5, 5.41) is 0. The van der Waals surface area contributed by atoms with Crippen molar-refractivity contribution in [3.63, 3.8) is 0 Å². The highest BCUT2D eigenvalue weighted by Crippen LogP contribution is 2.49. The number of alkyl halides is 3. The molecule has 1 fully saturated rings. The number of benzene rings is 1. The van der Waals surface area contributed by atoms with E-state index in [-0.39, 0.29) is 23.7 Å². The summed E-state index contributed by atoms with van der Waals surface area (Å²) in [7, 11) is 1.52. The fourth-order valence-corrected chi connectivity index (χ4v) is 4.94. The highest BCUT2D eigenvalue weighted by Gasteiger charge is 2.59. The van der Waals surface area contributed by atoms with Crippen molar-refractivity contribution in [3.8, 4) is 5.88 Å². The van der Waals surface area contributed by atoms with Crippen molar-refractivity contribution in [2.45, 2.75) is 50.2 Å². The molecule has 37 heavy (non-hydrogen) atoms. The molecule has 2 N–H and O–H groups in total. The molecule has 1 aromatic heterocycles. The van der Waals surface area contributed by atoms with Crippen molar-refractivity contribution < 1.29 is 41.3 Å². The zero-order chi connectivity index (χ0) is 26.7. The maximum atomic E-state index is 15.3. The van der Waals surface area contributed by atoms with Crippen LogP contribution < -0.4 is 10.5 Å². The summed E-state index contributed by atoms with van der Waals surface area (Å²) in [5.41, 5.74) is 4.30. The van der Waals surface area contributed by atoms with Crippen LogP contribution in [0.15, 0.2) is 35.6 Å². The van der Waals surface area contributed by atoms with Crippen LogP contribution in [0.3, 0.4) is 0 Å². The normalized spacial score (nSPS) is 26.9. The predicted molar refractivity (Wildman–Crippen MR) is 122 cm³/mol. The van der Waals surface area contributed by atoms with Gasteiger partial charge in [-0.25, -0.2) is 23.7 Å². The van der Waals surface area contributed by atoms with Crippen molar-refractivity contribution in [1.29, 1.82) is 0 Å². The molecule has 0 radical (unpaired) electrons. The molecule has 0 aliphatic carbocycles. The number of aromatic nitrogens is 2. The van der Waals surface area contributed by atoms with Crippen LogP contribution in [0.25, 0.3) is 0 Å². The third kappa shape index (κ3) is 5.37. The summed E-state index contributed by atoms with van der Waals surface area (Å²) < 4.78 is 75.9. The Bertz CT molecular complexity index is 1150. The lowest BCUT2D eigenvalue weighted by Gasteiger charge is -2.42. The number of carbonyl (C=O) groups excluding carboxylic acids is 1. The Kier molecular flexibility index (Phi) is 7.93. The van der Waals surface area contributed by atoms with Crippen molar-refractivity contribution in [2.24, 2.45) is 16.6 Å². The van der Waals surface area contributed by atoms with Crippen molar-refractivity contribution in [3.05, 3.63) is 53.2 Å². The van der Waals surface area contributed by atoms with Gasteiger partial charge in [0, 0.05) is 25.7 Å². The van der Waals surface area contributed by atoms with Gasteiger partial charge in [-0.05, 0) is 31.0 Å². The molecule has 2 unspecified atom stereocenters. The van der Waals surface area contributed by atoms with Crippen LogP contribution >= 0.6 is 0 Å². The van der Waals surface area contributed by atoms with E-state index in [1.807, 2.05) is 0 Å². The first-order valence-electron chi connectivity index (χ1n) is 11.5. The van der Waals surface area contributed by atoms with Crippen LogP contribution in [0.2, 0.25) is 0 Å². The lowest BCUT2D eigenvalue weighted by atomic mass is 9.72. The Hall–Kier alpha value is -3.32. The molecule has 4 rings (SSSR count). The van der Waals surface area contributed by atoms with Crippen molar-refractivity contribution in [2.75, 3.05) is 20.4 Å². The summed E-state index contributed by atoms with van der Waals surface area (Å²) in [4.78, 5) is 24.5. The van der Waals surface area contributed by atoms with Gasteiger partial charge < -0.3 is 24.7 Å². The number of ether oxygens (including phenoxy) is 4. The van der Waals surface area contributed by atoms with Gasteiger partial charge in [0.05, 0.1) is 30.5 Å². The number of hydrogen-bond donors (Lipinski definition) is 1. The molecular formula is C24H26F4N4O5. The molecule has 3 heterocycles. The molecular weight excluding hydrogens is 500 g/mol. The van der Waals surface area contributed by atoms with Gasteiger partial charge in [-0.15, -0.1) is 0 Å². The quantitative estimate of drug-likeness (QED) is 0.371. The number of ketones is 1. The van der Waals surface area contributed by atoms with Crippen molar-refractivity contribution >= 4 is 11.8 Å². The Labute approximate surface area is 210 Å². The van der Waals surface area contributed by atoms with E-state index in [0.717, 1.165) is 18.5 Å². The average molecular weight is 526 g/mol. The molecule has 13 heteroatoms. The first kappa shape index (κ1) is 26.7. The summed E-state index contributed by atoms with van der Waals surface area (Å²) in [6, 6.07) is 3.58. The van der Waals surface area contributed by atoms with Gasteiger partial charge in [0.15, 0.2) is 5.78 Å². The number of methoxy groups -OCH3 is 1. The molecule has 1 aromatic carbocycles.